The maximum Gasteiger partial charge on any atom is 0.147 e. The molecule has 88 valence electrons. The van der Waals surface area contributed by atoms with Crippen LogP contribution < -0.4 is 5.73 Å². The second kappa shape index (κ2) is 5.75. The van der Waals surface area contributed by atoms with Crippen molar-refractivity contribution in [2.75, 3.05) is 6.54 Å². The van der Waals surface area contributed by atoms with E-state index >= 15 is 0 Å². The molecule has 1 atom stereocenters. The molecule has 2 rings (SSSR count). The van der Waals surface area contributed by atoms with Gasteiger partial charge in [0.15, 0.2) is 0 Å². The summed E-state index contributed by atoms with van der Waals surface area (Å²) < 4.78 is 0. The molecule has 1 aromatic carbocycles. The molecular weight excluding hydrogens is 230 g/mol. The third-order valence-corrected chi connectivity index (χ3v) is 3.73. The summed E-state index contributed by atoms with van der Waals surface area (Å²) in [4.78, 5) is 12.8. The number of carbonyl (C=O) groups is 1. The van der Waals surface area contributed by atoms with Gasteiger partial charge in [0.1, 0.15) is 5.78 Å². The lowest BCUT2D eigenvalue weighted by molar-refractivity contribution is -0.117. The lowest BCUT2D eigenvalue weighted by atomic mass is 9.92. The standard InChI is InChI=1S/C14H15NOS/c15-10-12(16)9-13(14-7-4-8-17-14)11-5-2-1-3-6-11/h1-8,13H,9-10,15H2. The average Bonchev–Trinajstić information content (AvgIpc) is 2.90. The molecular formula is C14H15NOS. The highest BCUT2D eigenvalue weighted by atomic mass is 32.1. The highest BCUT2D eigenvalue weighted by Crippen LogP contribution is 2.31. The molecule has 0 saturated heterocycles. The molecule has 1 aromatic heterocycles. The van der Waals surface area contributed by atoms with Crippen LogP contribution in [0.1, 0.15) is 22.8 Å². The number of thiophene rings is 1. The van der Waals surface area contributed by atoms with Crippen LogP contribution in [0, 0.1) is 0 Å². The minimum atomic E-state index is 0.104. The van der Waals surface area contributed by atoms with Gasteiger partial charge in [0.25, 0.3) is 0 Å². The minimum Gasteiger partial charge on any atom is -0.324 e. The molecule has 3 heteroatoms. The summed E-state index contributed by atoms with van der Waals surface area (Å²) in [5.41, 5.74) is 6.58. The van der Waals surface area contributed by atoms with E-state index in [4.69, 9.17) is 5.73 Å². The molecule has 2 aromatic rings. The van der Waals surface area contributed by atoms with Crippen LogP contribution in [-0.4, -0.2) is 12.3 Å². The molecule has 0 spiro atoms. The third kappa shape index (κ3) is 3.02. The summed E-state index contributed by atoms with van der Waals surface area (Å²) in [7, 11) is 0. The van der Waals surface area contributed by atoms with Crippen LogP contribution in [0.2, 0.25) is 0 Å². The van der Waals surface area contributed by atoms with Crippen molar-refractivity contribution < 1.29 is 4.79 Å². The number of hydrogen-bond donors (Lipinski definition) is 1. The van der Waals surface area contributed by atoms with Gasteiger partial charge in [-0.2, -0.15) is 0 Å². The van der Waals surface area contributed by atoms with E-state index in [-0.39, 0.29) is 18.2 Å². The zero-order valence-corrected chi connectivity index (χ0v) is 10.3. The van der Waals surface area contributed by atoms with Crippen LogP contribution in [0.3, 0.4) is 0 Å². The Kier molecular flexibility index (Phi) is 4.07. The first-order valence-corrected chi connectivity index (χ1v) is 6.49. The molecule has 2 nitrogen and oxygen atoms in total. The Hall–Kier alpha value is -1.45. The van der Waals surface area contributed by atoms with Gasteiger partial charge in [0.05, 0.1) is 6.54 Å². The van der Waals surface area contributed by atoms with Gasteiger partial charge in [-0.05, 0) is 17.0 Å². The predicted molar refractivity (Wildman–Crippen MR) is 71.3 cm³/mol. The number of carbonyl (C=O) groups excluding carboxylic acids is 1. The van der Waals surface area contributed by atoms with Crippen molar-refractivity contribution >= 4 is 17.1 Å². The average molecular weight is 245 g/mol. The second-order valence-electron chi connectivity index (χ2n) is 3.93. The summed E-state index contributed by atoms with van der Waals surface area (Å²) in [6.45, 7) is 0.120. The van der Waals surface area contributed by atoms with Crippen molar-refractivity contribution in [1.29, 1.82) is 0 Å². The zero-order valence-electron chi connectivity index (χ0n) is 9.50. The van der Waals surface area contributed by atoms with Crippen LogP contribution in [0.15, 0.2) is 47.8 Å². The lowest BCUT2D eigenvalue weighted by Gasteiger charge is -2.14. The van der Waals surface area contributed by atoms with Crippen molar-refractivity contribution in [2.24, 2.45) is 5.73 Å². The fourth-order valence-electron chi connectivity index (χ4n) is 1.87. The second-order valence-corrected chi connectivity index (χ2v) is 4.90. The number of nitrogens with two attached hydrogens (primary N) is 1. The van der Waals surface area contributed by atoms with Gasteiger partial charge in [0, 0.05) is 17.2 Å². The van der Waals surface area contributed by atoms with Gasteiger partial charge in [-0.3, -0.25) is 4.79 Å². The van der Waals surface area contributed by atoms with Crippen LogP contribution in [0.25, 0.3) is 0 Å². The Morgan fingerprint density at radius 2 is 1.94 bits per heavy atom. The van der Waals surface area contributed by atoms with Gasteiger partial charge < -0.3 is 5.73 Å². The normalized spacial score (nSPS) is 12.3. The van der Waals surface area contributed by atoms with Crippen LogP contribution in [0.5, 0.6) is 0 Å². The number of rotatable bonds is 5. The van der Waals surface area contributed by atoms with E-state index in [1.807, 2.05) is 29.6 Å². The molecule has 2 N–H and O–H groups in total. The molecule has 0 aliphatic carbocycles. The molecule has 1 unspecified atom stereocenters. The Balaban J connectivity index is 2.28. The van der Waals surface area contributed by atoms with E-state index in [2.05, 4.69) is 18.2 Å². The Morgan fingerprint density at radius 3 is 2.53 bits per heavy atom. The van der Waals surface area contributed by atoms with Gasteiger partial charge in [-0.15, -0.1) is 11.3 Å². The monoisotopic (exact) mass is 245 g/mol. The number of hydrogen-bond acceptors (Lipinski definition) is 3. The summed E-state index contributed by atoms with van der Waals surface area (Å²) in [6.07, 6.45) is 0.487. The third-order valence-electron chi connectivity index (χ3n) is 2.75. The van der Waals surface area contributed by atoms with E-state index in [0.717, 1.165) is 0 Å². The Labute approximate surface area is 105 Å². The van der Waals surface area contributed by atoms with Crippen LogP contribution >= 0.6 is 11.3 Å². The van der Waals surface area contributed by atoms with Crippen molar-refractivity contribution in [1.82, 2.24) is 0 Å². The maximum absolute atomic E-state index is 11.6. The topological polar surface area (TPSA) is 43.1 Å². The van der Waals surface area contributed by atoms with E-state index in [0.29, 0.717) is 6.42 Å². The van der Waals surface area contributed by atoms with E-state index < -0.39 is 0 Å². The van der Waals surface area contributed by atoms with E-state index in [9.17, 15) is 4.79 Å². The van der Waals surface area contributed by atoms with Crippen LogP contribution in [0.4, 0.5) is 0 Å². The summed E-state index contributed by atoms with van der Waals surface area (Å²) in [6, 6.07) is 14.2. The Morgan fingerprint density at radius 1 is 1.18 bits per heavy atom. The van der Waals surface area contributed by atoms with Crippen molar-refractivity contribution in [3.05, 3.63) is 58.3 Å². The zero-order chi connectivity index (χ0) is 12.1. The van der Waals surface area contributed by atoms with Gasteiger partial charge in [-0.1, -0.05) is 36.4 Å². The molecule has 0 aliphatic rings. The highest BCUT2D eigenvalue weighted by molar-refractivity contribution is 7.10. The minimum absolute atomic E-state index is 0.104. The summed E-state index contributed by atoms with van der Waals surface area (Å²) in [5, 5.41) is 2.04. The highest BCUT2D eigenvalue weighted by Gasteiger charge is 2.17. The molecule has 0 radical (unpaired) electrons. The SMILES string of the molecule is NCC(=O)CC(c1ccccc1)c1cccs1. The summed E-state index contributed by atoms with van der Waals surface area (Å²) in [5.74, 6) is 0.250. The first kappa shape index (κ1) is 12.0. The molecule has 0 saturated carbocycles. The fraction of sp³-hybridized carbons (Fsp3) is 0.214. The smallest absolute Gasteiger partial charge is 0.147 e. The van der Waals surface area contributed by atoms with E-state index in [1.165, 1.54) is 10.4 Å². The van der Waals surface area contributed by atoms with Crippen molar-refractivity contribution in [3.63, 3.8) is 0 Å². The van der Waals surface area contributed by atoms with Crippen molar-refractivity contribution in [3.8, 4) is 0 Å². The van der Waals surface area contributed by atoms with Gasteiger partial charge >= 0.3 is 0 Å². The van der Waals surface area contributed by atoms with Gasteiger partial charge in [-0.25, -0.2) is 0 Å². The molecule has 1 heterocycles. The predicted octanol–water partition coefficient (Wildman–Crippen LogP) is 2.80. The van der Waals surface area contributed by atoms with Crippen molar-refractivity contribution in [2.45, 2.75) is 12.3 Å². The fourth-order valence-corrected chi connectivity index (χ4v) is 2.72. The maximum atomic E-state index is 11.6. The number of ketones is 1. The lowest BCUT2D eigenvalue weighted by Crippen LogP contribution is -2.16. The quantitative estimate of drug-likeness (QED) is 0.880. The van der Waals surface area contributed by atoms with Crippen LogP contribution in [-0.2, 0) is 4.79 Å². The number of benzene rings is 1. The first-order valence-electron chi connectivity index (χ1n) is 5.61. The molecule has 17 heavy (non-hydrogen) atoms. The largest absolute Gasteiger partial charge is 0.324 e. The molecule has 0 amide bonds. The molecule has 0 fully saturated rings. The number of Topliss-reactive ketones (excluding diaryl/α,β-unsaturated/α-hetero) is 1. The first-order chi connectivity index (χ1) is 8.31. The summed E-state index contributed by atoms with van der Waals surface area (Å²) >= 11 is 1.69. The van der Waals surface area contributed by atoms with E-state index in [1.54, 1.807) is 11.3 Å². The molecule has 0 aliphatic heterocycles. The van der Waals surface area contributed by atoms with Gasteiger partial charge in [0.2, 0.25) is 0 Å². The Bertz CT molecular complexity index is 464. The molecule has 0 bridgehead atoms.